The maximum atomic E-state index is 6.40. The quantitative estimate of drug-likeness (QED) is 0.179. The Labute approximate surface area is 320 Å². The fourth-order valence-electron chi connectivity index (χ4n) is 9.40. The molecule has 0 unspecified atom stereocenters. The summed E-state index contributed by atoms with van der Waals surface area (Å²) in [4.78, 5) is 15.1. The van der Waals surface area contributed by atoms with Crippen LogP contribution in [-0.4, -0.2) is 15.0 Å². The van der Waals surface area contributed by atoms with E-state index in [4.69, 9.17) is 19.4 Å². The summed E-state index contributed by atoms with van der Waals surface area (Å²) < 4.78 is 6.40. The summed E-state index contributed by atoms with van der Waals surface area (Å²) in [5.41, 5.74) is 15.3. The second-order valence-corrected chi connectivity index (χ2v) is 15.0. The summed E-state index contributed by atoms with van der Waals surface area (Å²) in [6.07, 6.45) is 6.35. The molecular weight excluding hydrogens is 671 g/mol. The van der Waals surface area contributed by atoms with Crippen LogP contribution in [0.25, 0.3) is 89.5 Å². The third kappa shape index (κ3) is 5.16. The zero-order valence-corrected chi connectivity index (χ0v) is 30.4. The number of para-hydroxylation sites is 2. The highest BCUT2D eigenvalue weighted by atomic mass is 16.3. The lowest BCUT2D eigenvalue weighted by atomic mass is 9.66. The summed E-state index contributed by atoms with van der Waals surface area (Å²) in [6, 6.07) is 58.2. The van der Waals surface area contributed by atoms with E-state index in [1.54, 1.807) is 0 Å². The molecule has 0 radical (unpaired) electrons. The third-order valence-electron chi connectivity index (χ3n) is 12.0. The van der Waals surface area contributed by atoms with E-state index < -0.39 is 0 Å². The van der Waals surface area contributed by atoms with Gasteiger partial charge in [-0.15, -0.1) is 0 Å². The molecule has 2 aliphatic rings. The molecule has 4 heteroatoms. The maximum absolute atomic E-state index is 6.40. The number of hydrogen-bond acceptors (Lipinski definition) is 4. The van der Waals surface area contributed by atoms with Gasteiger partial charge in [0.05, 0.1) is 5.56 Å². The van der Waals surface area contributed by atoms with Crippen molar-refractivity contribution in [2.45, 2.75) is 37.5 Å². The molecule has 0 saturated heterocycles. The molecule has 4 nitrogen and oxygen atoms in total. The molecule has 2 heterocycles. The van der Waals surface area contributed by atoms with Crippen molar-refractivity contribution < 1.29 is 4.42 Å². The van der Waals surface area contributed by atoms with Gasteiger partial charge in [-0.3, -0.25) is 0 Å². The average Bonchev–Trinajstić information content (AvgIpc) is 3.78. The van der Waals surface area contributed by atoms with Gasteiger partial charge in [0.15, 0.2) is 17.5 Å². The van der Waals surface area contributed by atoms with Gasteiger partial charge in [-0.05, 0) is 69.5 Å². The van der Waals surface area contributed by atoms with Crippen molar-refractivity contribution >= 4 is 21.9 Å². The molecule has 262 valence electrons. The van der Waals surface area contributed by atoms with Crippen molar-refractivity contribution in [3.63, 3.8) is 0 Å². The van der Waals surface area contributed by atoms with Gasteiger partial charge in [-0.1, -0.05) is 171 Å². The van der Waals surface area contributed by atoms with Gasteiger partial charge in [0.1, 0.15) is 11.2 Å². The zero-order valence-electron chi connectivity index (χ0n) is 30.4. The monoisotopic (exact) mass is 707 g/mol. The van der Waals surface area contributed by atoms with Crippen molar-refractivity contribution in [3.05, 3.63) is 175 Å². The summed E-state index contributed by atoms with van der Waals surface area (Å²) in [6.45, 7) is 0. The van der Waals surface area contributed by atoms with Crippen molar-refractivity contribution in [1.29, 1.82) is 0 Å². The molecule has 0 bridgehead atoms. The van der Waals surface area contributed by atoms with Crippen LogP contribution >= 0.6 is 0 Å². The van der Waals surface area contributed by atoms with E-state index in [2.05, 4.69) is 103 Å². The normalized spacial score (nSPS) is 14.3. The van der Waals surface area contributed by atoms with Gasteiger partial charge < -0.3 is 4.42 Å². The van der Waals surface area contributed by atoms with Crippen molar-refractivity contribution in [2.75, 3.05) is 0 Å². The number of nitrogens with zero attached hydrogens (tertiary/aromatic N) is 3. The van der Waals surface area contributed by atoms with E-state index >= 15 is 0 Å². The molecular formula is C51H37N3O. The van der Waals surface area contributed by atoms with Crippen LogP contribution in [0.4, 0.5) is 0 Å². The largest absolute Gasteiger partial charge is 0.455 e. The van der Waals surface area contributed by atoms with Crippen LogP contribution in [-0.2, 0) is 5.41 Å². The van der Waals surface area contributed by atoms with Crippen LogP contribution in [0, 0.1) is 0 Å². The molecule has 0 aliphatic heterocycles. The number of benzene rings is 7. The predicted molar refractivity (Wildman–Crippen MR) is 224 cm³/mol. The summed E-state index contributed by atoms with van der Waals surface area (Å²) in [5.74, 6) is 1.83. The number of rotatable bonds is 5. The Morgan fingerprint density at radius 2 is 0.927 bits per heavy atom. The topological polar surface area (TPSA) is 51.8 Å². The number of aromatic nitrogens is 3. The van der Waals surface area contributed by atoms with E-state index in [1.165, 1.54) is 71.0 Å². The minimum atomic E-state index is 0.114. The molecule has 2 aliphatic carbocycles. The number of furan rings is 1. The highest BCUT2D eigenvalue weighted by Gasteiger charge is 2.45. The number of fused-ring (bicyclic) bond motifs is 8. The SMILES string of the molecule is c1ccc(-c2nc(-c3ccc(-c4ccc(-c5cccc6c5C5(CCCCC5)c5ccccc5-6)cc4)cc3)nc(-c3cccc4c3oc3ccccc34)n2)cc1. The third-order valence-corrected chi connectivity index (χ3v) is 12.0. The molecule has 2 aromatic heterocycles. The standard InChI is InChI=1S/C51H37N3O/c1-3-13-36(14-4-1)48-52-49(54-50(53-48)43-20-12-19-42-40-16-6-8-22-45(40)55-47(42)43)37-29-25-34(26-30-37)33-23-27-35(28-24-33)38-17-11-18-41-39-15-5-7-21-44(39)51(46(38)41)31-9-2-10-32-51/h1,3-8,11-30H,2,9-10,31-32H2. The molecule has 0 atom stereocenters. The first-order valence-corrected chi connectivity index (χ1v) is 19.4. The van der Waals surface area contributed by atoms with Gasteiger partial charge in [0, 0.05) is 27.3 Å². The van der Waals surface area contributed by atoms with Crippen LogP contribution in [0.5, 0.6) is 0 Å². The Morgan fingerprint density at radius 1 is 0.382 bits per heavy atom. The van der Waals surface area contributed by atoms with Gasteiger partial charge in [-0.25, -0.2) is 15.0 Å². The molecule has 55 heavy (non-hydrogen) atoms. The smallest absolute Gasteiger partial charge is 0.167 e. The van der Waals surface area contributed by atoms with Crippen LogP contribution in [0.3, 0.4) is 0 Å². The van der Waals surface area contributed by atoms with Crippen LogP contribution < -0.4 is 0 Å². The molecule has 1 spiro atoms. The van der Waals surface area contributed by atoms with Crippen LogP contribution in [0.15, 0.2) is 168 Å². The van der Waals surface area contributed by atoms with Gasteiger partial charge in [0.2, 0.25) is 0 Å². The minimum Gasteiger partial charge on any atom is -0.455 e. The first-order valence-electron chi connectivity index (χ1n) is 19.4. The Morgan fingerprint density at radius 3 is 1.71 bits per heavy atom. The second kappa shape index (κ2) is 12.7. The summed E-state index contributed by atoms with van der Waals surface area (Å²) in [7, 11) is 0. The summed E-state index contributed by atoms with van der Waals surface area (Å²) in [5, 5.41) is 2.12. The van der Waals surface area contributed by atoms with Gasteiger partial charge >= 0.3 is 0 Å². The van der Waals surface area contributed by atoms with E-state index in [0.29, 0.717) is 17.5 Å². The second-order valence-electron chi connectivity index (χ2n) is 15.0. The van der Waals surface area contributed by atoms with Crippen molar-refractivity contribution in [2.24, 2.45) is 0 Å². The molecule has 9 aromatic rings. The fraction of sp³-hybridized carbons (Fsp3) is 0.118. The first kappa shape index (κ1) is 31.8. The molecule has 0 amide bonds. The molecule has 11 rings (SSSR count). The van der Waals surface area contributed by atoms with E-state index in [9.17, 15) is 0 Å². The zero-order chi connectivity index (χ0) is 36.3. The van der Waals surface area contributed by atoms with E-state index in [1.807, 2.05) is 60.7 Å². The van der Waals surface area contributed by atoms with Crippen molar-refractivity contribution in [3.8, 4) is 67.5 Å². The summed E-state index contributed by atoms with van der Waals surface area (Å²) >= 11 is 0. The van der Waals surface area contributed by atoms with Gasteiger partial charge in [-0.2, -0.15) is 0 Å². The Kier molecular flexibility index (Phi) is 7.38. The molecule has 7 aromatic carbocycles. The molecule has 1 fully saturated rings. The average molecular weight is 708 g/mol. The van der Waals surface area contributed by atoms with Crippen LogP contribution in [0.1, 0.15) is 43.2 Å². The first-order chi connectivity index (χ1) is 27.2. The molecule has 0 N–H and O–H groups in total. The highest BCUT2D eigenvalue weighted by molar-refractivity contribution is 6.09. The van der Waals surface area contributed by atoms with E-state index in [0.717, 1.165) is 44.2 Å². The lowest BCUT2D eigenvalue weighted by molar-refractivity contribution is 0.353. The van der Waals surface area contributed by atoms with E-state index in [-0.39, 0.29) is 5.41 Å². The highest BCUT2D eigenvalue weighted by Crippen LogP contribution is 2.58. The predicted octanol–water partition coefficient (Wildman–Crippen LogP) is 13.3. The Hall–Kier alpha value is -6.65. The lowest BCUT2D eigenvalue weighted by Crippen LogP contribution is -2.28. The Bertz CT molecular complexity index is 2880. The molecule has 1 saturated carbocycles. The minimum absolute atomic E-state index is 0.114. The van der Waals surface area contributed by atoms with Crippen molar-refractivity contribution in [1.82, 2.24) is 15.0 Å². The maximum Gasteiger partial charge on any atom is 0.167 e. The van der Waals surface area contributed by atoms with Gasteiger partial charge in [0.25, 0.3) is 0 Å². The Balaban J connectivity index is 0.952. The fourth-order valence-corrected chi connectivity index (χ4v) is 9.40. The lowest BCUT2D eigenvalue weighted by Gasteiger charge is -2.37. The number of hydrogen-bond donors (Lipinski definition) is 0. The van der Waals surface area contributed by atoms with Crippen LogP contribution in [0.2, 0.25) is 0 Å².